The molecule has 0 spiro atoms. The van der Waals surface area contributed by atoms with Gasteiger partial charge in [0.15, 0.2) is 0 Å². The van der Waals surface area contributed by atoms with Crippen LogP contribution < -0.4 is 4.90 Å². The summed E-state index contributed by atoms with van der Waals surface area (Å²) in [5.74, 6) is 0. The molecular weight excluding hydrogens is 631 g/mol. The Morgan fingerprint density at radius 1 is 0.308 bits per heavy atom. The van der Waals surface area contributed by atoms with Crippen LogP contribution >= 0.6 is 0 Å². The van der Waals surface area contributed by atoms with Crippen molar-refractivity contribution >= 4 is 60.5 Å². The van der Waals surface area contributed by atoms with Crippen LogP contribution in [0.2, 0.25) is 0 Å². The average molecular weight is 664 g/mol. The number of para-hydroxylation sites is 1. The Balaban J connectivity index is 1.21. The Bertz CT molecular complexity index is 2890. The highest BCUT2D eigenvalue weighted by molar-refractivity contribution is 6.14. The van der Waals surface area contributed by atoms with E-state index in [4.69, 9.17) is 4.42 Å². The first-order valence-electron chi connectivity index (χ1n) is 17.8. The number of nitrogens with zero attached hydrogens (tertiary/aromatic N) is 1. The van der Waals surface area contributed by atoms with Crippen molar-refractivity contribution in [2.45, 2.75) is 0 Å². The summed E-state index contributed by atoms with van der Waals surface area (Å²) >= 11 is 0. The van der Waals surface area contributed by atoms with Gasteiger partial charge < -0.3 is 9.32 Å². The standard InChI is InChI=1S/C50H33NO/c1-3-13-34(14-4-1)35-23-26-39(27-24-35)51(40-28-29-45-44-21-11-12-22-49(44)52-50(45)33-40)48-30-25-38(32-47(48)36-15-5-2-6-16-36)46-31-37-17-7-8-18-41(37)42-19-9-10-20-43(42)46/h1-33H. The molecule has 0 aliphatic carbocycles. The summed E-state index contributed by atoms with van der Waals surface area (Å²) in [4.78, 5) is 2.37. The molecule has 0 aliphatic heterocycles. The second kappa shape index (κ2) is 12.5. The van der Waals surface area contributed by atoms with Gasteiger partial charge in [-0.15, -0.1) is 0 Å². The highest BCUT2D eigenvalue weighted by atomic mass is 16.3. The van der Waals surface area contributed by atoms with Crippen LogP contribution in [0.25, 0.3) is 76.9 Å². The molecule has 2 nitrogen and oxygen atoms in total. The Morgan fingerprint density at radius 2 is 0.885 bits per heavy atom. The van der Waals surface area contributed by atoms with Gasteiger partial charge in [-0.3, -0.25) is 0 Å². The summed E-state index contributed by atoms with van der Waals surface area (Å²) in [5.41, 5.74) is 12.0. The van der Waals surface area contributed by atoms with Crippen molar-refractivity contribution in [3.8, 4) is 33.4 Å². The second-order valence-electron chi connectivity index (χ2n) is 13.3. The molecule has 0 saturated heterocycles. The van der Waals surface area contributed by atoms with E-state index in [1.165, 1.54) is 43.8 Å². The van der Waals surface area contributed by atoms with Crippen molar-refractivity contribution in [2.75, 3.05) is 4.90 Å². The van der Waals surface area contributed by atoms with Crippen LogP contribution in [0.1, 0.15) is 0 Å². The molecule has 10 rings (SSSR count). The summed E-state index contributed by atoms with van der Waals surface area (Å²) in [6.07, 6.45) is 0. The molecule has 0 unspecified atom stereocenters. The van der Waals surface area contributed by atoms with Crippen molar-refractivity contribution in [1.29, 1.82) is 0 Å². The zero-order chi connectivity index (χ0) is 34.4. The molecule has 0 saturated carbocycles. The van der Waals surface area contributed by atoms with Crippen LogP contribution in [0.5, 0.6) is 0 Å². The highest BCUT2D eigenvalue weighted by Gasteiger charge is 2.21. The van der Waals surface area contributed by atoms with Crippen molar-refractivity contribution < 1.29 is 4.42 Å². The number of hydrogen-bond donors (Lipinski definition) is 0. The molecule has 244 valence electrons. The van der Waals surface area contributed by atoms with E-state index in [9.17, 15) is 0 Å². The third-order valence-electron chi connectivity index (χ3n) is 10.3. The molecule has 0 bridgehead atoms. The Morgan fingerprint density at radius 3 is 1.67 bits per heavy atom. The summed E-state index contributed by atoms with van der Waals surface area (Å²) in [6.45, 7) is 0. The molecule has 0 amide bonds. The Hall–Kier alpha value is -6.90. The van der Waals surface area contributed by atoms with Crippen LogP contribution in [0.3, 0.4) is 0 Å². The molecular formula is C50H33NO. The summed E-state index contributed by atoms with van der Waals surface area (Å²) in [6, 6.07) is 71.8. The molecule has 0 radical (unpaired) electrons. The molecule has 1 heterocycles. The zero-order valence-corrected chi connectivity index (χ0v) is 28.4. The number of furan rings is 1. The maximum Gasteiger partial charge on any atom is 0.137 e. The third-order valence-corrected chi connectivity index (χ3v) is 10.3. The first kappa shape index (κ1) is 30.0. The van der Waals surface area contributed by atoms with Crippen LogP contribution in [0.4, 0.5) is 17.1 Å². The Labute approximate surface area is 302 Å². The summed E-state index contributed by atoms with van der Waals surface area (Å²) < 4.78 is 6.43. The van der Waals surface area contributed by atoms with E-state index in [0.717, 1.165) is 50.1 Å². The quantitative estimate of drug-likeness (QED) is 0.165. The molecule has 52 heavy (non-hydrogen) atoms. The van der Waals surface area contributed by atoms with Gasteiger partial charge in [-0.2, -0.15) is 0 Å². The van der Waals surface area contributed by atoms with Crippen LogP contribution in [-0.4, -0.2) is 0 Å². The number of fused-ring (bicyclic) bond motifs is 6. The van der Waals surface area contributed by atoms with Crippen molar-refractivity contribution in [3.63, 3.8) is 0 Å². The van der Waals surface area contributed by atoms with Gasteiger partial charge in [0, 0.05) is 33.8 Å². The van der Waals surface area contributed by atoms with Gasteiger partial charge in [-0.25, -0.2) is 0 Å². The number of anilines is 3. The smallest absolute Gasteiger partial charge is 0.137 e. The van der Waals surface area contributed by atoms with E-state index >= 15 is 0 Å². The fourth-order valence-corrected chi connectivity index (χ4v) is 7.76. The fraction of sp³-hybridized carbons (Fsp3) is 0. The molecule has 9 aromatic carbocycles. The van der Waals surface area contributed by atoms with E-state index < -0.39 is 0 Å². The minimum absolute atomic E-state index is 0.866. The summed E-state index contributed by atoms with van der Waals surface area (Å²) in [7, 11) is 0. The molecule has 1 aromatic heterocycles. The van der Waals surface area contributed by atoms with Gasteiger partial charge in [0.05, 0.1) is 5.69 Å². The molecule has 0 atom stereocenters. The van der Waals surface area contributed by atoms with Gasteiger partial charge in [-0.05, 0) is 97.9 Å². The van der Waals surface area contributed by atoms with E-state index in [-0.39, 0.29) is 0 Å². The van der Waals surface area contributed by atoms with Gasteiger partial charge in [0.2, 0.25) is 0 Å². The lowest BCUT2D eigenvalue weighted by Gasteiger charge is -2.28. The van der Waals surface area contributed by atoms with E-state index in [1.807, 2.05) is 12.1 Å². The van der Waals surface area contributed by atoms with Crippen LogP contribution in [0, 0.1) is 0 Å². The van der Waals surface area contributed by atoms with E-state index in [2.05, 4.69) is 193 Å². The van der Waals surface area contributed by atoms with Gasteiger partial charge in [-0.1, -0.05) is 146 Å². The predicted molar refractivity (Wildman–Crippen MR) is 220 cm³/mol. The normalized spacial score (nSPS) is 11.5. The molecule has 2 heteroatoms. The molecule has 0 N–H and O–H groups in total. The second-order valence-corrected chi connectivity index (χ2v) is 13.3. The fourth-order valence-electron chi connectivity index (χ4n) is 7.76. The predicted octanol–water partition coefficient (Wildman–Crippen LogP) is 14.4. The van der Waals surface area contributed by atoms with Crippen molar-refractivity contribution in [3.05, 3.63) is 200 Å². The lowest BCUT2D eigenvalue weighted by atomic mass is 9.91. The topological polar surface area (TPSA) is 16.4 Å². The first-order valence-corrected chi connectivity index (χ1v) is 17.8. The maximum atomic E-state index is 6.43. The highest BCUT2D eigenvalue weighted by Crippen LogP contribution is 2.45. The summed E-state index contributed by atoms with van der Waals surface area (Å²) in [5, 5.41) is 7.26. The zero-order valence-electron chi connectivity index (χ0n) is 28.4. The lowest BCUT2D eigenvalue weighted by molar-refractivity contribution is 0.669. The number of rotatable bonds is 6. The molecule has 10 aromatic rings. The average Bonchev–Trinajstić information content (AvgIpc) is 3.60. The molecule has 0 fully saturated rings. The minimum Gasteiger partial charge on any atom is -0.456 e. The Kier molecular flexibility index (Phi) is 7.18. The van der Waals surface area contributed by atoms with Gasteiger partial charge in [0.1, 0.15) is 11.2 Å². The van der Waals surface area contributed by atoms with Crippen LogP contribution in [-0.2, 0) is 0 Å². The monoisotopic (exact) mass is 663 g/mol. The molecule has 0 aliphatic rings. The third kappa shape index (κ3) is 5.12. The van der Waals surface area contributed by atoms with Crippen molar-refractivity contribution in [2.24, 2.45) is 0 Å². The lowest BCUT2D eigenvalue weighted by Crippen LogP contribution is -2.11. The van der Waals surface area contributed by atoms with Crippen LogP contribution in [0.15, 0.2) is 205 Å². The first-order chi connectivity index (χ1) is 25.8. The van der Waals surface area contributed by atoms with E-state index in [0.29, 0.717) is 0 Å². The van der Waals surface area contributed by atoms with Crippen molar-refractivity contribution in [1.82, 2.24) is 0 Å². The SMILES string of the molecule is c1ccc(-c2ccc(N(c3ccc4c(c3)oc3ccccc34)c3ccc(-c4cc5ccccc5c5ccccc45)cc3-c3ccccc3)cc2)cc1. The van der Waals surface area contributed by atoms with Gasteiger partial charge >= 0.3 is 0 Å². The number of hydrogen-bond acceptors (Lipinski definition) is 2. The maximum absolute atomic E-state index is 6.43. The minimum atomic E-state index is 0.866. The largest absolute Gasteiger partial charge is 0.456 e. The van der Waals surface area contributed by atoms with E-state index in [1.54, 1.807) is 0 Å². The number of benzene rings is 9. The van der Waals surface area contributed by atoms with Gasteiger partial charge in [0.25, 0.3) is 0 Å².